The predicted octanol–water partition coefficient (Wildman–Crippen LogP) is 1.38. The highest BCUT2D eigenvalue weighted by molar-refractivity contribution is 4.82. The Balaban J connectivity index is 2.26. The maximum Gasteiger partial charge on any atom is 0.00413 e. The third kappa shape index (κ3) is 0.873. The molecule has 2 N–H and O–H groups in total. The summed E-state index contributed by atoms with van der Waals surface area (Å²) in [5, 5.41) is 0. The van der Waals surface area contributed by atoms with Crippen LogP contribution in [0.15, 0.2) is 0 Å². The summed E-state index contributed by atoms with van der Waals surface area (Å²) in [6.45, 7) is 4.40. The highest BCUT2D eigenvalue weighted by Crippen LogP contribution is 2.35. The van der Waals surface area contributed by atoms with E-state index in [1.807, 2.05) is 0 Å². The van der Waals surface area contributed by atoms with Gasteiger partial charge in [-0.05, 0) is 25.2 Å². The zero-order valence-corrected chi connectivity index (χ0v) is 5.72. The summed E-state index contributed by atoms with van der Waals surface area (Å²) < 4.78 is 0. The first-order chi connectivity index (χ1) is 3.72. The molecule has 1 nitrogen and oxygen atoms in total. The molecule has 0 aromatic heterocycles. The minimum atomic E-state index is 0.429. The molecular weight excluding hydrogens is 98.1 g/mol. The fourth-order valence-corrected chi connectivity index (χ4v) is 1.47. The van der Waals surface area contributed by atoms with Crippen molar-refractivity contribution in [2.75, 3.05) is 0 Å². The van der Waals surface area contributed by atoms with Gasteiger partial charge in [0.1, 0.15) is 0 Å². The lowest BCUT2D eigenvalue weighted by Gasteiger charge is -2.36. The van der Waals surface area contributed by atoms with Gasteiger partial charge < -0.3 is 5.73 Å². The van der Waals surface area contributed by atoms with Gasteiger partial charge in [-0.15, -0.1) is 0 Å². The van der Waals surface area contributed by atoms with E-state index in [-0.39, 0.29) is 0 Å². The molecule has 3 atom stereocenters. The first-order valence-corrected chi connectivity index (χ1v) is 3.47. The fraction of sp³-hybridized carbons (Fsp3) is 1.00. The molecule has 1 rings (SSSR count). The summed E-state index contributed by atoms with van der Waals surface area (Å²) in [5.41, 5.74) is 5.69. The molecule has 0 aromatic rings. The van der Waals surface area contributed by atoms with Gasteiger partial charge in [0.25, 0.3) is 0 Å². The molecule has 0 aliphatic heterocycles. The van der Waals surface area contributed by atoms with Gasteiger partial charge in [0.2, 0.25) is 0 Å². The van der Waals surface area contributed by atoms with Crippen molar-refractivity contribution in [2.24, 2.45) is 17.6 Å². The average Bonchev–Trinajstić information content (AvgIpc) is 1.61. The molecule has 0 amide bonds. The second-order valence-electron chi connectivity index (χ2n) is 3.08. The van der Waals surface area contributed by atoms with Crippen LogP contribution in [0.25, 0.3) is 0 Å². The molecule has 3 unspecified atom stereocenters. The van der Waals surface area contributed by atoms with Gasteiger partial charge in [-0.3, -0.25) is 0 Å². The van der Waals surface area contributed by atoms with Gasteiger partial charge in [0, 0.05) is 6.04 Å². The minimum Gasteiger partial charge on any atom is -0.328 e. The minimum absolute atomic E-state index is 0.429. The molecule has 1 fully saturated rings. The number of nitrogens with two attached hydrogens (primary N) is 1. The number of hydrogen-bond acceptors (Lipinski definition) is 1. The molecule has 0 radical (unpaired) electrons. The topological polar surface area (TPSA) is 26.0 Å². The first kappa shape index (κ1) is 6.09. The van der Waals surface area contributed by atoms with Crippen molar-refractivity contribution in [3.8, 4) is 0 Å². The molecule has 1 saturated carbocycles. The Labute approximate surface area is 51.3 Å². The van der Waals surface area contributed by atoms with E-state index in [1.54, 1.807) is 0 Å². The van der Waals surface area contributed by atoms with Crippen LogP contribution >= 0.6 is 0 Å². The van der Waals surface area contributed by atoms with Crippen LogP contribution in [0, 0.1) is 11.8 Å². The fourth-order valence-electron chi connectivity index (χ4n) is 1.47. The second kappa shape index (κ2) is 2.06. The van der Waals surface area contributed by atoms with E-state index in [1.165, 1.54) is 12.8 Å². The molecule has 8 heavy (non-hydrogen) atoms. The van der Waals surface area contributed by atoms with Gasteiger partial charge in [0.15, 0.2) is 0 Å². The number of hydrogen-bond donors (Lipinski definition) is 1. The van der Waals surface area contributed by atoms with Crippen molar-refractivity contribution < 1.29 is 0 Å². The molecule has 1 aliphatic rings. The molecule has 48 valence electrons. The largest absolute Gasteiger partial charge is 0.328 e. The Bertz CT molecular complexity index is 73.7. The van der Waals surface area contributed by atoms with E-state index in [0.717, 1.165) is 11.8 Å². The van der Waals surface area contributed by atoms with E-state index in [4.69, 9.17) is 5.73 Å². The first-order valence-electron chi connectivity index (χ1n) is 3.47. The highest BCUT2D eigenvalue weighted by Gasteiger charge is 2.29. The third-order valence-corrected chi connectivity index (χ3v) is 2.36. The molecular formula is C7H15N. The van der Waals surface area contributed by atoms with E-state index in [9.17, 15) is 0 Å². The van der Waals surface area contributed by atoms with E-state index >= 15 is 0 Å². The predicted molar refractivity (Wildman–Crippen MR) is 35.5 cm³/mol. The quantitative estimate of drug-likeness (QED) is 0.546. The van der Waals surface area contributed by atoms with Gasteiger partial charge >= 0.3 is 0 Å². The molecule has 0 aromatic carbocycles. The van der Waals surface area contributed by atoms with Gasteiger partial charge in [-0.25, -0.2) is 0 Å². The molecule has 0 spiro atoms. The van der Waals surface area contributed by atoms with Crippen LogP contribution in [-0.2, 0) is 0 Å². The van der Waals surface area contributed by atoms with Gasteiger partial charge in [-0.1, -0.05) is 13.3 Å². The summed E-state index contributed by atoms with van der Waals surface area (Å²) in [4.78, 5) is 0. The summed E-state index contributed by atoms with van der Waals surface area (Å²) in [6, 6.07) is 0.429. The third-order valence-electron chi connectivity index (χ3n) is 2.36. The van der Waals surface area contributed by atoms with Crippen molar-refractivity contribution in [1.29, 1.82) is 0 Å². The lowest BCUT2D eigenvalue weighted by atomic mass is 9.71. The Kier molecular flexibility index (Phi) is 1.57. The molecule has 1 heteroatoms. The number of rotatable bonds is 1. The van der Waals surface area contributed by atoms with Crippen LogP contribution in [-0.4, -0.2) is 6.04 Å². The van der Waals surface area contributed by atoms with E-state index < -0.39 is 0 Å². The SMILES string of the molecule is CC(N)C1CCC1C. The van der Waals surface area contributed by atoms with Crippen molar-refractivity contribution in [2.45, 2.75) is 32.7 Å². The average molecular weight is 113 g/mol. The smallest absolute Gasteiger partial charge is 0.00413 e. The Morgan fingerprint density at radius 1 is 1.50 bits per heavy atom. The van der Waals surface area contributed by atoms with Crippen molar-refractivity contribution in [3.63, 3.8) is 0 Å². The second-order valence-corrected chi connectivity index (χ2v) is 3.08. The standard InChI is InChI=1S/C7H15N/c1-5-3-4-7(5)6(2)8/h5-7H,3-4,8H2,1-2H3. The van der Waals surface area contributed by atoms with Crippen LogP contribution in [0.1, 0.15) is 26.7 Å². The monoisotopic (exact) mass is 113 g/mol. The summed E-state index contributed by atoms with van der Waals surface area (Å²) in [5.74, 6) is 1.73. The van der Waals surface area contributed by atoms with Crippen LogP contribution in [0.3, 0.4) is 0 Å². The molecule has 0 bridgehead atoms. The zero-order valence-electron chi connectivity index (χ0n) is 5.72. The highest BCUT2D eigenvalue weighted by atomic mass is 14.6. The summed E-state index contributed by atoms with van der Waals surface area (Å²) in [7, 11) is 0. The van der Waals surface area contributed by atoms with Crippen LogP contribution in [0.4, 0.5) is 0 Å². The summed E-state index contributed by atoms with van der Waals surface area (Å²) >= 11 is 0. The zero-order chi connectivity index (χ0) is 6.15. The van der Waals surface area contributed by atoms with Crippen molar-refractivity contribution in [1.82, 2.24) is 0 Å². The van der Waals surface area contributed by atoms with Crippen LogP contribution in [0.2, 0.25) is 0 Å². The Morgan fingerprint density at radius 3 is 2.12 bits per heavy atom. The Morgan fingerprint density at radius 2 is 2.12 bits per heavy atom. The van der Waals surface area contributed by atoms with Gasteiger partial charge in [-0.2, -0.15) is 0 Å². The molecule has 0 saturated heterocycles. The Hall–Kier alpha value is -0.0400. The summed E-state index contributed by atoms with van der Waals surface area (Å²) in [6.07, 6.45) is 2.76. The van der Waals surface area contributed by atoms with Gasteiger partial charge in [0.05, 0.1) is 0 Å². The van der Waals surface area contributed by atoms with Crippen LogP contribution in [0.5, 0.6) is 0 Å². The van der Waals surface area contributed by atoms with Crippen molar-refractivity contribution in [3.05, 3.63) is 0 Å². The lowest BCUT2D eigenvalue weighted by molar-refractivity contribution is 0.168. The maximum atomic E-state index is 5.69. The van der Waals surface area contributed by atoms with Crippen molar-refractivity contribution >= 4 is 0 Å². The normalized spacial score (nSPS) is 40.9. The van der Waals surface area contributed by atoms with E-state index in [2.05, 4.69) is 13.8 Å². The molecule has 0 heterocycles. The van der Waals surface area contributed by atoms with Crippen LogP contribution < -0.4 is 5.73 Å². The van der Waals surface area contributed by atoms with E-state index in [0.29, 0.717) is 6.04 Å². The maximum absolute atomic E-state index is 5.69. The lowest BCUT2D eigenvalue weighted by Crippen LogP contribution is -2.37. The molecule has 1 aliphatic carbocycles.